The van der Waals surface area contributed by atoms with E-state index in [9.17, 15) is 4.79 Å². The first-order valence-corrected chi connectivity index (χ1v) is 9.91. The lowest BCUT2D eigenvalue weighted by molar-refractivity contribution is -0.115. The lowest BCUT2D eigenvalue weighted by atomic mass is 10.2. The van der Waals surface area contributed by atoms with Crippen LogP contribution < -0.4 is 14.8 Å². The molecule has 3 aromatic rings. The molecule has 0 bridgehead atoms. The van der Waals surface area contributed by atoms with Crippen molar-refractivity contribution >= 4 is 22.9 Å². The van der Waals surface area contributed by atoms with Crippen LogP contribution in [-0.4, -0.2) is 22.0 Å². The van der Waals surface area contributed by atoms with Gasteiger partial charge in [0.15, 0.2) is 0 Å². The number of carbonyl (C=O) groups excluding carboxylic acids is 1. The van der Waals surface area contributed by atoms with Crippen LogP contribution in [0.5, 0.6) is 11.5 Å². The Morgan fingerprint density at radius 1 is 1.14 bits per heavy atom. The van der Waals surface area contributed by atoms with Gasteiger partial charge in [-0.25, -0.2) is 4.98 Å². The molecule has 0 spiro atoms. The molecule has 146 valence electrons. The number of rotatable bonds is 8. The third-order valence-corrected chi connectivity index (χ3v) is 4.57. The van der Waals surface area contributed by atoms with Crippen LogP contribution >= 0.6 is 11.3 Å². The number of nitrogens with zero attached hydrogens (tertiary/aromatic N) is 2. The van der Waals surface area contributed by atoms with Crippen molar-refractivity contribution in [3.05, 3.63) is 64.4 Å². The van der Waals surface area contributed by atoms with Crippen molar-refractivity contribution in [1.82, 2.24) is 9.97 Å². The number of hydrogen-bond acceptors (Lipinski definition) is 6. The Morgan fingerprint density at radius 2 is 1.89 bits per heavy atom. The van der Waals surface area contributed by atoms with E-state index in [2.05, 4.69) is 15.3 Å². The van der Waals surface area contributed by atoms with Gasteiger partial charge in [0.05, 0.1) is 24.4 Å². The fraction of sp³-hybridized carbons (Fsp3) is 0.286. The zero-order valence-electron chi connectivity index (χ0n) is 16.1. The van der Waals surface area contributed by atoms with Crippen LogP contribution in [-0.2, 0) is 17.8 Å². The molecule has 0 atom stereocenters. The topological polar surface area (TPSA) is 73.3 Å². The quantitative estimate of drug-likeness (QED) is 0.610. The maximum Gasteiger partial charge on any atom is 0.230 e. The molecule has 0 aliphatic heterocycles. The van der Waals surface area contributed by atoms with Gasteiger partial charge in [-0.3, -0.25) is 9.78 Å². The number of ether oxygens (including phenoxy) is 2. The lowest BCUT2D eigenvalue weighted by Gasteiger charge is -2.10. The fourth-order valence-corrected chi connectivity index (χ4v) is 3.14. The van der Waals surface area contributed by atoms with Gasteiger partial charge in [-0.2, -0.15) is 0 Å². The summed E-state index contributed by atoms with van der Waals surface area (Å²) >= 11 is 1.47. The Hall–Kier alpha value is -2.93. The van der Waals surface area contributed by atoms with Crippen molar-refractivity contribution < 1.29 is 14.3 Å². The highest BCUT2D eigenvalue weighted by Crippen LogP contribution is 2.18. The molecule has 2 heterocycles. The Kier molecular flexibility index (Phi) is 6.60. The average molecular weight is 398 g/mol. The summed E-state index contributed by atoms with van der Waals surface area (Å²) in [6.45, 7) is 6.23. The molecular formula is C21H23N3O3S. The number of hydrogen-bond donors (Lipinski definition) is 1. The summed E-state index contributed by atoms with van der Waals surface area (Å²) in [5.41, 5.74) is 2.40. The number of carbonyl (C=O) groups is 1. The number of amides is 1. The number of nitrogens with one attached hydrogen (secondary N) is 1. The van der Waals surface area contributed by atoms with Crippen molar-refractivity contribution in [3.8, 4) is 11.5 Å². The predicted octanol–water partition coefficient (Wildman–Crippen LogP) is 4.39. The molecule has 0 fully saturated rings. The van der Waals surface area contributed by atoms with Gasteiger partial charge in [0.25, 0.3) is 0 Å². The van der Waals surface area contributed by atoms with Crippen LogP contribution in [0.1, 0.15) is 30.2 Å². The van der Waals surface area contributed by atoms with Crippen molar-refractivity contribution in [1.29, 1.82) is 0 Å². The summed E-state index contributed by atoms with van der Waals surface area (Å²) in [6, 6.07) is 11.1. The molecule has 28 heavy (non-hydrogen) atoms. The van der Waals surface area contributed by atoms with E-state index in [1.165, 1.54) is 11.3 Å². The number of pyridine rings is 1. The minimum absolute atomic E-state index is 0.113. The van der Waals surface area contributed by atoms with E-state index in [1.807, 2.05) is 62.5 Å². The van der Waals surface area contributed by atoms with Crippen molar-refractivity contribution in [2.75, 3.05) is 5.32 Å². The smallest absolute Gasteiger partial charge is 0.230 e. The first-order valence-electron chi connectivity index (χ1n) is 9.03. The summed E-state index contributed by atoms with van der Waals surface area (Å²) in [6.07, 6.45) is 2.02. The van der Waals surface area contributed by atoms with Gasteiger partial charge in [-0.1, -0.05) is 0 Å². The van der Waals surface area contributed by atoms with Crippen LogP contribution in [0.25, 0.3) is 0 Å². The molecule has 0 aliphatic carbocycles. The highest BCUT2D eigenvalue weighted by atomic mass is 32.1. The van der Waals surface area contributed by atoms with E-state index in [4.69, 9.17) is 9.47 Å². The maximum absolute atomic E-state index is 12.2. The van der Waals surface area contributed by atoms with E-state index >= 15 is 0 Å². The Bertz CT molecular complexity index is 905. The zero-order valence-corrected chi connectivity index (χ0v) is 17.0. The van der Waals surface area contributed by atoms with Crippen LogP contribution in [0, 0.1) is 6.92 Å². The standard InChI is InChI=1S/C21H23N3O3S/c1-14(2)27-18-8-5-16(6-9-18)23-20(25)10-17-13-28-21(24-17)12-26-19-7-4-15(3)22-11-19/h4-9,11,13-14H,10,12H2,1-3H3,(H,23,25). The molecule has 2 aromatic heterocycles. The normalized spacial score (nSPS) is 10.7. The molecule has 1 N–H and O–H groups in total. The Balaban J connectivity index is 1.48. The summed E-state index contributed by atoms with van der Waals surface area (Å²) in [7, 11) is 0. The third kappa shape index (κ3) is 6.06. The maximum atomic E-state index is 12.2. The molecule has 0 saturated heterocycles. The van der Waals surface area contributed by atoms with Gasteiger partial charge in [-0.05, 0) is 57.2 Å². The summed E-state index contributed by atoms with van der Waals surface area (Å²) in [5, 5.41) is 5.57. The van der Waals surface area contributed by atoms with Crippen LogP contribution in [0.2, 0.25) is 0 Å². The second-order valence-electron chi connectivity index (χ2n) is 6.57. The number of aryl methyl sites for hydroxylation is 1. The monoisotopic (exact) mass is 397 g/mol. The van der Waals surface area contributed by atoms with Crippen molar-refractivity contribution in [3.63, 3.8) is 0 Å². The summed E-state index contributed by atoms with van der Waals surface area (Å²) in [5.74, 6) is 1.36. The van der Waals surface area contributed by atoms with E-state index in [1.54, 1.807) is 6.20 Å². The van der Waals surface area contributed by atoms with Crippen molar-refractivity contribution in [2.24, 2.45) is 0 Å². The van der Waals surface area contributed by atoms with Crippen LogP contribution in [0.15, 0.2) is 48.0 Å². The van der Waals surface area contributed by atoms with Gasteiger partial charge in [-0.15, -0.1) is 11.3 Å². The molecule has 6 nitrogen and oxygen atoms in total. The molecule has 0 saturated carbocycles. The van der Waals surface area contributed by atoms with Crippen LogP contribution in [0.4, 0.5) is 5.69 Å². The Morgan fingerprint density at radius 3 is 2.57 bits per heavy atom. The van der Waals surface area contributed by atoms with Gasteiger partial charge < -0.3 is 14.8 Å². The largest absolute Gasteiger partial charge is 0.491 e. The molecular weight excluding hydrogens is 374 g/mol. The lowest BCUT2D eigenvalue weighted by Crippen LogP contribution is -2.14. The number of benzene rings is 1. The van der Waals surface area contributed by atoms with E-state index < -0.39 is 0 Å². The second-order valence-corrected chi connectivity index (χ2v) is 7.52. The SMILES string of the molecule is Cc1ccc(OCc2nc(CC(=O)Nc3ccc(OC(C)C)cc3)cs2)cn1. The van der Waals surface area contributed by atoms with Gasteiger partial charge in [0.2, 0.25) is 5.91 Å². The van der Waals surface area contributed by atoms with E-state index in [-0.39, 0.29) is 18.4 Å². The van der Waals surface area contributed by atoms with Crippen molar-refractivity contribution in [2.45, 2.75) is 39.9 Å². The highest BCUT2D eigenvalue weighted by Gasteiger charge is 2.09. The molecule has 0 aliphatic rings. The molecule has 3 rings (SSSR count). The van der Waals surface area contributed by atoms with E-state index in [0.29, 0.717) is 12.4 Å². The second kappa shape index (κ2) is 9.32. The minimum Gasteiger partial charge on any atom is -0.491 e. The molecule has 1 aromatic carbocycles. The fourth-order valence-electron chi connectivity index (χ4n) is 2.44. The summed E-state index contributed by atoms with van der Waals surface area (Å²) in [4.78, 5) is 20.9. The Labute approximate surface area is 168 Å². The molecule has 7 heteroatoms. The molecule has 1 amide bonds. The predicted molar refractivity (Wildman–Crippen MR) is 110 cm³/mol. The average Bonchev–Trinajstić information content (AvgIpc) is 3.09. The number of anilines is 1. The highest BCUT2D eigenvalue weighted by molar-refractivity contribution is 7.09. The van der Waals surface area contributed by atoms with Crippen LogP contribution in [0.3, 0.4) is 0 Å². The first kappa shape index (κ1) is 19.8. The zero-order chi connectivity index (χ0) is 19.9. The van der Waals surface area contributed by atoms with Gasteiger partial charge in [0.1, 0.15) is 23.1 Å². The first-order chi connectivity index (χ1) is 13.5. The summed E-state index contributed by atoms with van der Waals surface area (Å²) < 4.78 is 11.3. The molecule has 0 radical (unpaired) electrons. The van der Waals surface area contributed by atoms with Gasteiger partial charge in [0, 0.05) is 16.8 Å². The molecule has 0 unspecified atom stereocenters. The minimum atomic E-state index is -0.113. The third-order valence-electron chi connectivity index (χ3n) is 3.70. The number of aromatic nitrogens is 2. The number of thiazole rings is 1. The van der Waals surface area contributed by atoms with E-state index in [0.717, 1.165) is 27.8 Å². The van der Waals surface area contributed by atoms with Gasteiger partial charge >= 0.3 is 0 Å².